The van der Waals surface area contributed by atoms with Crippen molar-refractivity contribution in [2.75, 3.05) is 6.54 Å². The first-order valence-corrected chi connectivity index (χ1v) is 20.8. The number of nitrogens with one attached hydrogen (secondary N) is 1. The summed E-state index contributed by atoms with van der Waals surface area (Å²) in [5.41, 5.74) is 0. The zero-order valence-corrected chi connectivity index (χ0v) is 32.5. The summed E-state index contributed by atoms with van der Waals surface area (Å²) in [6.45, 7) is 4.15. The molecule has 0 saturated heterocycles. The highest BCUT2D eigenvalue weighted by atomic mass is 16.5. The van der Waals surface area contributed by atoms with E-state index in [1.54, 1.807) is 0 Å². The molecule has 0 aliphatic rings. The molecule has 0 aromatic carbocycles. The minimum absolute atomic E-state index is 0.104. The number of esters is 1. The largest absolute Gasteiger partial charge is 0.480 e. The van der Waals surface area contributed by atoms with Crippen molar-refractivity contribution < 1.29 is 24.2 Å². The van der Waals surface area contributed by atoms with Gasteiger partial charge in [-0.15, -0.1) is 0 Å². The molecule has 0 bridgehead atoms. The van der Waals surface area contributed by atoms with Crippen molar-refractivity contribution in [3.8, 4) is 0 Å². The number of unbranched alkanes of at least 4 members (excludes halogenated alkanes) is 20. The molecule has 6 nitrogen and oxygen atoms in total. The third-order valence-corrected chi connectivity index (χ3v) is 8.96. The van der Waals surface area contributed by atoms with Crippen molar-refractivity contribution in [1.29, 1.82) is 0 Å². The van der Waals surface area contributed by atoms with Gasteiger partial charge in [0, 0.05) is 12.8 Å². The molecule has 288 valence electrons. The van der Waals surface area contributed by atoms with Gasteiger partial charge in [0.2, 0.25) is 5.91 Å². The Hall–Kier alpha value is -2.63. The molecule has 0 aliphatic carbocycles. The van der Waals surface area contributed by atoms with Crippen LogP contribution in [0.25, 0.3) is 0 Å². The number of carbonyl (C=O) groups is 3. The van der Waals surface area contributed by atoms with Crippen LogP contribution in [0, 0.1) is 0 Å². The summed E-state index contributed by atoms with van der Waals surface area (Å²) in [5, 5.41) is 11.1. The van der Waals surface area contributed by atoms with Crippen LogP contribution in [0.1, 0.15) is 200 Å². The van der Waals surface area contributed by atoms with Crippen LogP contribution in [0.3, 0.4) is 0 Å². The van der Waals surface area contributed by atoms with Crippen LogP contribution in [0.5, 0.6) is 0 Å². The number of carboxylic acid groups (broad SMARTS) is 1. The van der Waals surface area contributed by atoms with Crippen LogP contribution in [0.2, 0.25) is 0 Å². The molecule has 1 unspecified atom stereocenters. The quantitative estimate of drug-likeness (QED) is 0.0382. The average molecular weight is 700 g/mol. The van der Waals surface area contributed by atoms with Crippen LogP contribution < -0.4 is 5.32 Å². The Labute approximate surface area is 308 Å². The molecule has 0 radical (unpaired) electrons. The molecule has 0 saturated carbocycles. The van der Waals surface area contributed by atoms with E-state index in [9.17, 15) is 14.4 Å². The number of hydrogen-bond donors (Lipinski definition) is 2. The number of carboxylic acids is 1. The van der Waals surface area contributed by atoms with Crippen molar-refractivity contribution in [3.05, 3.63) is 48.6 Å². The third kappa shape index (κ3) is 38.2. The fourth-order valence-electron chi connectivity index (χ4n) is 5.85. The zero-order valence-electron chi connectivity index (χ0n) is 32.5. The van der Waals surface area contributed by atoms with Gasteiger partial charge in [-0.25, -0.2) is 0 Å². The maximum Gasteiger partial charge on any atom is 0.322 e. The Morgan fingerprint density at radius 3 is 1.54 bits per heavy atom. The third-order valence-electron chi connectivity index (χ3n) is 8.96. The van der Waals surface area contributed by atoms with Gasteiger partial charge in [0.1, 0.15) is 12.6 Å². The normalized spacial score (nSPS) is 12.5. The topological polar surface area (TPSA) is 92.7 Å². The van der Waals surface area contributed by atoms with Crippen molar-refractivity contribution in [2.24, 2.45) is 0 Å². The lowest BCUT2D eigenvalue weighted by Gasteiger charge is -2.14. The monoisotopic (exact) mass is 700 g/mol. The first-order chi connectivity index (χ1) is 24.5. The molecular formula is C44H77NO5. The van der Waals surface area contributed by atoms with E-state index >= 15 is 0 Å². The molecule has 0 aliphatic heterocycles. The van der Waals surface area contributed by atoms with E-state index in [-0.39, 0.29) is 24.5 Å². The molecule has 0 aromatic heterocycles. The van der Waals surface area contributed by atoms with Gasteiger partial charge < -0.3 is 15.2 Å². The van der Waals surface area contributed by atoms with Gasteiger partial charge in [0.25, 0.3) is 0 Å². The maximum absolute atomic E-state index is 12.6. The van der Waals surface area contributed by atoms with E-state index in [1.807, 2.05) is 6.08 Å². The Morgan fingerprint density at radius 1 is 0.540 bits per heavy atom. The predicted octanol–water partition coefficient (Wildman–Crippen LogP) is 12.7. The van der Waals surface area contributed by atoms with E-state index in [4.69, 9.17) is 9.84 Å². The molecule has 0 rings (SSSR count). The highest BCUT2D eigenvalue weighted by molar-refractivity contribution is 5.80. The summed E-state index contributed by atoms with van der Waals surface area (Å²) in [6.07, 6.45) is 49.7. The maximum atomic E-state index is 12.6. The van der Waals surface area contributed by atoms with Gasteiger partial charge in [-0.2, -0.15) is 0 Å². The van der Waals surface area contributed by atoms with Gasteiger partial charge in [-0.1, -0.05) is 153 Å². The molecule has 2 N–H and O–H groups in total. The first kappa shape index (κ1) is 47.4. The summed E-state index contributed by atoms with van der Waals surface area (Å²) in [4.78, 5) is 34.9. The summed E-state index contributed by atoms with van der Waals surface area (Å²) in [5.74, 6) is -1.36. The van der Waals surface area contributed by atoms with E-state index < -0.39 is 5.97 Å². The Kier molecular flexibility index (Phi) is 37.1. The zero-order chi connectivity index (χ0) is 36.6. The van der Waals surface area contributed by atoms with Gasteiger partial charge >= 0.3 is 11.9 Å². The van der Waals surface area contributed by atoms with Gasteiger partial charge in [-0.3, -0.25) is 14.4 Å². The molecular weight excluding hydrogens is 622 g/mol. The fourth-order valence-corrected chi connectivity index (χ4v) is 5.85. The van der Waals surface area contributed by atoms with Crippen LogP contribution in [-0.4, -0.2) is 35.6 Å². The van der Waals surface area contributed by atoms with E-state index in [2.05, 4.69) is 61.7 Å². The molecule has 6 heteroatoms. The lowest BCUT2D eigenvalue weighted by atomic mass is 10.1. The number of aliphatic carboxylic acids is 1. The number of ether oxygens (including phenoxy) is 1. The number of hydrogen-bond acceptors (Lipinski definition) is 4. The van der Waals surface area contributed by atoms with Crippen LogP contribution in [0.15, 0.2) is 48.6 Å². The first-order valence-electron chi connectivity index (χ1n) is 20.8. The lowest BCUT2D eigenvalue weighted by molar-refractivity contribution is -0.147. The molecule has 1 amide bonds. The molecule has 50 heavy (non-hydrogen) atoms. The summed E-state index contributed by atoms with van der Waals surface area (Å²) >= 11 is 0. The number of amides is 1. The van der Waals surface area contributed by atoms with E-state index in [1.165, 1.54) is 109 Å². The molecule has 1 atom stereocenters. The predicted molar refractivity (Wildman–Crippen MR) is 212 cm³/mol. The SMILES string of the molecule is CCCCC/C=C\C/C=C\C(CCCCCCC(=O)NCC(=O)O)OC(=O)CCCCCCCCCCC/C=C\C/C=C\CCCCCCC. The van der Waals surface area contributed by atoms with Gasteiger partial charge in [0.15, 0.2) is 0 Å². The number of allylic oxidation sites excluding steroid dienone is 7. The fraction of sp³-hybridized carbons (Fsp3) is 0.750. The van der Waals surface area contributed by atoms with Crippen LogP contribution >= 0.6 is 0 Å². The molecule has 0 spiro atoms. The standard InChI is InChI=1S/C44H77NO5/c1-3-5-7-9-11-13-14-15-16-17-18-19-20-21-22-23-24-25-27-29-35-39-44(49)50-41(36-32-28-26-12-10-8-6-4-2)37-33-30-31-34-38-42(46)45-40-43(47)48/h12,14-15,17-18,26,32,36,41H,3-11,13,16,19-25,27-31,33-35,37-40H2,1-2H3,(H,45,46)(H,47,48)/b15-14-,18-17-,26-12-,36-32-. The van der Waals surface area contributed by atoms with Crippen molar-refractivity contribution in [3.63, 3.8) is 0 Å². The minimum atomic E-state index is -1.03. The smallest absolute Gasteiger partial charge is 0.322 e. The summed E-state index contributed by atoms with van der Waals surface area (Å²) < 4.78 is 5.88. The highest BCUT2D eigenvalue weighted by Gasteiger charge is 2.12. The second-order valence-electron chi connectivity index (χ2n) is 13.9. The second kappa shape index (κ2) is 39.2. The van der Waals surface area contributed by atoms with Gasteiger partial charge in [-0.05, 0) is 83.1 Å². The minimum Gasteiger partial charge on any atom is -0.480 e. The van der Waals surface area contributed by atoms with Crippen LogP contribution in [-0.2, 0) is 19.1 Å². The Balaban J connectivity index is 4.05. The van der Waals surface area contributed by atoms with Crippen LogP contribution in [0.4, 0.5) is 0 Å². The number of carbonyl (C=O) groups excluding carboxylic acids is 2. The Bertz CT molecular complexity index is 906. The molecule has 0 aromatic rings. The highest BCUT2D eigenvalue weighted by Crippen LogP contribution is 2.15. The van der Waals surface area contributed by atoms with Crippen molar-refractivity contribution >= 4 is 17.8 Å². The van der Waals surface area contributed by atoms with Gasteiger partial charge in [0.05, 0.1) is 0 Å². The number of rotatable bonds is 37. The summed E-state index contributed by atoms with van der Waals surface area (Å²) in [7, 11) is 0. The van der Waals surface area contributed by atoms with Crippen molar-refractivity contribution in [2.45, 2.75) is 206 Å². The van der Waals surface area contributed by atoms with E-state index in [0.29, 0.717) is 12.8 Å². The second-order valence-corrected chi connectivity index (χ2v) is 13.9. The molecule has 0 heterocycles. The summed E-state index contributed by atoms with van der Waals surface area (Å²) in [6, 6.07) is 0. The lowest BCUT2D eigenvalue weighted by Crippen LogP contribution is -2.28. The molecule has 0 fully saturated rings. The van der Waals surface area contributed by atoms with Crippen molar-refractivity contribution in [1.82, 2.24) is 5.32 Å². The average Bonchev–Trinajstić information content (AvgIpc) is 3.10. The van der Waals surface area contributed by atoms with E-state index in [0.717, 1.165) is 64.2 Å². The Morgan fingerprint density at radius 2 is 0.980 bits per heavy atom.